The van der Waals surface area contributed by atoms with Crippen LogP contribution in [0.2, 0.25) is 0 Å². The first-order valence-corrected chi connectivity index (χ1v) is 12.2. The second-order valence-electron chi connectivity index (χ2n) is 8.46. The molecule has 212 valence electrons. The maximum absolute atomic E-state index is 12.3. The Morgan fingerprint density at radius 3 is 2.03 bits per heavy atom. The van der Waals surface area contributed by atoms with Crippen LogP contribution in [0.15, 0.2) is 0 Å². The van der Waals surface area contributed by atoms with E-state index in [1.165, 1.54) is 0 Å². The van der Waals surface area contributed by atoms with E-state index in [1.807, 2.05) is 0 Å². The molecule has 0 bridgehead atoms. The minimum Gasteiger partial charge on any atom is -0.394 e. The molecule has 0 aromatic rings. The van der Waals surface area contributed by atoms with Gasteiger partial charge in [0.1, 0.15) is 67.1 Å². The van der Waals surface area contributed by atoms with Gasteiger partial charge in [0, 0.05) is 0 Å². The lowest BCUT2D eigenvalue weighted by molar-refractivity contribution is -0.355. The fourth-order valence-corrected chi connectivity index (χ4v) is 4.60. The normalized spacial score (nSPS) is 50.0. The van der Waals surface area contributed by atoms with Crippen molar-refractivity contribution >= 4 is 7.82 Å². The van der Waals surface area contributed by atoms with Crippen molar-refractivity contribution in [1.82, 2.24) is 0 Å². The minimum absolute atomic E-state index is 0.536. The monoisotopic (exact) mass is 554 g/mol. The first kappa shape index (κ1) is 30.1. The maximum Gasteiger partial charge on any atom is 0.474 e. The third-order valence-corrected chi connectivity index (χ3v) is 6.84. The Morgan fingerprint density at radius 1 is 0.750 bits per heavy atom. The number of aliphatic hydroxyl groups excluding tert-OH is 10. The van der Waals surface area contributed by atoms with Crippen LogP contribution in [0, 0.1) is 0 Å². The minimum atomic E-state index is -5.08. The molecular formula is C17H31O18P. The Hall–Kier alpha value is -0.450. The summed E-state index contributed by atoms with van der Waals surface area (Å²) in [5.41, 5.74) is 0. The van der Waals surface area contributed by atoms with Gasteiger partial charge < -0.3 is 74.9 Å². The van der Waals surface area contributed by atoms with E-state index in [1.54, 1.807) is 0 Å². The zero-order valence-corrected chi connectivity index (χ0v) is 19.3. The number of aliphatic hydroxyl groups is 10. The largest absolute Gasteiger partial charge is 0.474 e. The molecular weight excluding hydrogens is 523 g/mol. The van der Waals surface area contributed by atoms with Gasteiger partial charge in [-0.25, -0.2) is 4.57 Å². The molecule has 1 unspecified atom stereocenters. The van der Waals surface area contributed by atoms with E-state index in [0.29, 0.717) is 0 Å². The number of rotatable bonds is 8. The summed E-state index contributed by atoms with van der Waals surface area (Å²) in [6.07, 6.45) is -25.1. The first-order chi connectivity index (χ1) is 16.8. The van der Waals surface area contributed by atoms with Gasteiger partial charge in [0.25, 0.3) is 0 Å². The van der Waals surface area contributed by atoms with E-state index in [-0.39, 0.29) is 0 Å². The SMILES string of the molecule is O=P(O)(OC[C@H]1O[C@H](O[C@@H]2[C@H](O)[C@@H](O)O[C@H](CO)[C@H]2O)[C@@H](O)[C@@H](O)[C@@H]1O)O[C@H]1OC[C@@H](O)[C@H](O)[C@H]1O. The fraction of sp³-hybridized carbons (Fsp3) is 1.00. The van der Waals surface area contributed by atoms with Crippen LogP contribution in [0.5, 0.6) is 0 Å². The summed E-state index contributed by atoms with van der Waals surface area (Å²) in [5, 5.41) is 98.7. The molecule has 3 fully saturated rings. The average Bonchev–Trinajstić information content (AvgIpc) is 2.83. The second-order valence-corrected chi connectivity index (χ2v) is 9.87. The van der Waals surface area contributed by atoms with E-state index in [4.69, 9.17) is 23.5 Å². The predicted molar refractivity (Wildman–Crippen MR) is 106 cm³/mol. The van der Waals surface area contributed by atoms with Gasteiger partial charge in [-0.05, 0) is 0 Å². The molecule has 0 spiro atoms. The summed E-state index contributed by atoms with van der Waals surface area (Å²) in [6.45, 7) is -2.29. The third-order valence-electron chi connectivity index (χ3n) is 5.89. The zero-order chi connectivity index (χ0) is 26.9. The molecule has 0 saturated carbocycles. The lowest BCUT2D eigenvalue weighted by Gasteiger charge is -2.45. The summed E-state index contributed by atoms with van der Waals surface area (Å²) >= 11 is 0. The molecule has 18 nitrogen and oxygen atoms in total. The Kier molecular flexibility index (Phi) is 10.2. The molecule has 0 radical (unpaired) electrons. The van der Waals surface area contributed by atoms with Gasteiger partial charge in [0.2, 0.25) is 0 Å². The van der Waals surface area contributed by atoms with Gasteiger partial charge in [-0.15, -0.1) is 0 Å². The van der Waals surface area contributed by atoms with E-state index in [0.717, 1.165) is 0 Å². The van der Waals surface area contributed by atoms with Crippen molar-refractivity contribution in [3.63, 3.8) is 0 Å². The van der Waals surface area contributed by atoms with Crippen molar-refractivity contribution in [3.8, 4) is 0 Å². The fourth-order valence-electron chi connectivity index (χ4n) is 3.75. The van der Waals surface area contributed by atoms with Crippen LogP contribution in [0.3, 0.4) is 0 Å². The van der Waals surface area contributed by atoms with Gasteiger partial charge in [0.05, 0.1) is 19.8 Å². The van der Waals surface area contributed by atoms with Crippen molar-refractivity contribution in [2.24, 2.45) is 0 Å². The van der Waals surface area contributed by atoms with Gasteiger partial charge in [-0.2, -0.15) is 0 Å². The smallest absolute Gasteiger partial charge is 0.394 e. The van der Waals surface area contributed by atoms with Crippen LogP contribution in [0.25, 0.3) is 0 Å². The Bertz CT molecular complexity index is 759. The molecule has 0 aliphatic carbocycles. The van der Waals surface area contributed by atoms with Crippen LogP contribution in [-0.4, -0.2) is 162 Å². The molecule has 19 heteroatoms. The van der Waals surface area contributed by atoms with Crippen LogP contribution in [0.4, 0.5) is 0 Å². The van der Waals surface area contributed by atoms with Crippen molar-refractivity contribution in [2.75, 3.05) is 19.8 Å². The predicted octanol–water partition coefficient (Wildman–Crippen LogP) is -6.82. The van der Waals surface area contributed by atoms with E-state index < -0.39 is 114 Å². The molecule has 36 heavy (non-hydrogen) atoms. The molecule has 3 saturated heterocycles. The second kappa shape index (κ2) is 12.2. The molecule has 15 atom stereocenters. The topological polar surface area (TPSA) is 295 Å². The molecule has 0 aromatic heterocycles. The summed E-state index contributed by atoms with van der Waals surface area (Å²) in [7, 11) is -5.08. The van der Waals surface area contributed by atoms with Gasteiger partial charge in [0.15, 0.2) is 18.9 Å². The molecule has 3 aliphatic rings. The summed E-state index contributed by atoms with van der Waals surface area (Å²) in [6, 6.07) is 0. The molecule has 11 N–H and O–H groups in total. The molecule has 3 heterocycles. The number of hydrogen-bond acceptors (Lipinski definition) is 17. The molecule has 3 rings (SSSR count). The first-order valence-electron chi connectivity index (χ1n) is 10.7. The van der Waals surface area contributed by atoms with Crippen molar-refractivity contribution in [2.45, 2.75) is 86.0 Å². The van der Waals surface area contributed by atoms with Gasteiger partial charge in [-0.1, -0.05) is 0 Å². The van der Waals surface area contributed by atoms with Crippen LogP contribution in [0.1, 0.15) is 0 Å². The molecule has 3 aliphatic heterocycles. The maximum atomic E-state index is 12.3. The van der Waals surface area contributed by atoms with Crippen LogP contribution >= 0.6 is 7.82 Å². The van der Waals surface area contributed by atoms with Crippen molar-refractivity contribution in [3.05, 3.63) is 0 Å². The van der Waals surface area contributed by atoms with E-state index in [9.17, 15) is 60.5 Å². The van der Waals surface area contributed by atoms with Crippen LogP contribution < -0.4 is 0 Å². The summed E-state index contributed by atoms with van der Waals surface area (Å²) < 4.78 is 41.8. The quantitative estimate of drug-likeness (QED) is 0.124. The van der Waals surface area contributed by atoms with E-state index in [2.05, 4.69) is 4.52 Å². The Labute approximate surface area is 203 Å². The number of hydrogen-bond donors (Lipinski definition) is 11. The van der Waals surface area contributed by atoms with Gasteiger partial charge >= 0.3 is 7.82 Å². The Morgan fingerprint density at radius 2 is 1.39 bits per heavy atom. The summed E-state index contributed by atoms with van der Waals surface area (Å²) in [4.78, 5) is 9.92. The van der Waals surface area contributed by atoms with Gasteiger partial charge in [-0.3, -0.25) is 9.05 Å². The van der Waals surface area contributed by atoms with Crippen molar-refractivity contribution < 1.29 is 88.5 Å². The highest BCUT2D eigenvalue weighted by Crippen LogP contribution is 2.46. The number of ether oxygens (including phenoxy) is 4. The molecule has 0 amide bonds. The highest BCUT2D eigenvalue weighted by atomic mass is 31.2. The van der Waals surface area contributed by atoms with Crippen molar-refractivity contribution in [1.29, 1.82) is 0 Å². The average molecular weight is 554 g/mol. The third kappa shape index (κ3) is 6.57. The molecule has 0 aromatic carbocycles. The van der Waals surface area contributed by atoms with E-state index >= 15 is 0 Å². The zero-order valence-electron chi connectivity index (χ0n) is 18.4. The Balaban J connectivity index is 1.63. The number of phosphoric ester groups is 1. The lowest BCUT2D eigenvalue weighted by Crippen LogP contribution is -2.64. The van der Waals surface area contributed by atoms with Crippen LogP contribution in [-0.2, 0) is 32.6 Å². The lowest BCUT2D eigenvalue weighted by atomic mass is 9.97. The highest BCUT2D eigenvalue weighted by Gasteiger charge is 2.51. The summed E-state index contributed by atoms with van der Waals surface area (Å²) in [5.74, 6) is 0. The highest BCUT2D eigenvalue weighted by molar-refractivity contribution is 7.47. The number of phosphoric acid groups is 1. The standard InChI is InChI=1S/C17H31O18P/c18-1-5-9(22)14(13(26)15(27)32-5)34-17-12(25)10(23)8(21)6(33-17)3-31-36(28,29)35-16-11(24)7(20)4(19)2-30-16/h4-27H,1-3H2,(H,28,29)/t4-,5-,6-,7+,8-,9-,10+,11-,12+,13+,14+,15+,16-,17-/m1/s1.